The molecule has 5 rings (SSSR count). The number of hydrogen-bond acceptors (Lipinski definition) is 4. The van der Waals surface area contributed by atoms with Gasteiger partial charge in [-0.3, -0.25) is 9.88 Å². The van der Waals surface area contributed by atoms with Crippen LogP contribution in [-0.4, -0.2) is 28.0 Å². The Bertz CT molecular complexity index is 1350. The maximum absolute atomic E-state index is 13.2. The zero-order valence-electron chi connectivity index (χ0n) is 20.7. The first kappa shape index (κ1) is 25.1. The summed E-state index contributed by atoms with van der Waals surface area (Å²) in [6.07, 6.45) is 5.64. The highest BCUT2D eigenvalue weighted by Crippen LogP contribution is 2.33. The molecule has 4 aromatic rings. The van der Waals surface area contributed by atoms with E-state index in [0.29, 0.717) is 17.6 Å². The number of rotatable bonds is 8. The Morgan fingerprint density at radius 3 is 2.32 bits per heavy atom. The standard InChI is InChI=1S/C31H30ClFN4/c1-2-28-11-12-29(35-20-23-13-16-34-30(32)19-23)31(36-28)26-14-17-37(18-15-26)21-22-3-5-24(6-4-22)25-7-9-27(33)10-8-25/h2-13,16,19,26,35H,1,14-15,17-18,20-21H2. The van der Waals surface area contributed by atoms with E-state index in [1.807, 2.05) is 30.3 Å². The molecular formula is C31H30ClFN4. The Hall–Kier alpha value is -3.54. The lowest BCUT2D eigenvalue weighted by atomic mass is 9.91. The van der Waals surface area contributed by atoms with Crippen molar-refractivity contribution in [3.8, 4) is 11.1 Å². The molecule has 1 fully saturated rings. The summed E-state index contributed by atoms with van der Waals surface area (Å²) in [5, 5.41) is 4.06. The van der Waals surface area contributed by atoms with Crippen LogP contribution < -0.4 is 5.32 Å². The number of nitrogens with one attached hydrogen (secondary N) is 1. The Labute approximate surface area is 222 Å². The molecule has 188 valence electrons. The van der Waals surface area contributed by atoms with Crippen molar-refractivity contribution in [3.05, 3.63) is 119 Å². The molecule has 37 heavy (non-hydrogen) atoms. The molecule has 1 N–H and O–H groups in total. The van der Waals surface area contributed by atoms with Gasteiger partial charge in [0.1, 0.15) is 11.0 Å². The van der Waals surface area contributed by atoms with Crippen LogP contribution in [0.2, 0.25) is 5.15 Å². The van der Waals surface area contributed by atoms with Crippen molar-refractivity contribution < 1.29 is 4.39 Å². The van der Waals surface area contributed by atoms with Gasteiger partial charge in [-0.1, -0.05) is 54.6 Å². The predicted molar refractivity (Wildman–Crippen MR) is 150 cm³/mol. The number of nitrogens with zero attached hydrogens (tertiary/aromatic N) is 3. The lowest BCUT2D eigenvalue weighted by Gasteiger charge is -2.32. The van der Waals surface area contributed by atoms with Crippen LogP contribution in [0.25, 0.3) is 17.2 Å². The van der Waals surface area contributed by atoms with Crippen LogP contribution in [0.15, 0.2) is 85.6 Å². The summed E-state index contributed by atoms with van der Waals surface area (Å²) in [4.78, 5) is 11.5. The van der Waals surface area contributed by atoms with Gasteiger partial charge < -0.3 is 5.32 Å². The number of likely N-dealkylation sites (tertiary alicyclic amines) is 1. The van der Waals surface area contributed by atoms with Crippen LogP contribution >= 0.6 is 11.6 Å². The van der Waals surface area contributed by atoms with Crippen molar-refractivity contribution >= 4 is 23.4 Å². The van der Waals surface area contributed by atoms with Crippen LogP contribution in [0, 0.1) is 5.82 Å². The van der Waals surface area contributed by atoms with Gasteiger partial charge in [0.05, 0.1) is 17.1 Å². The van der Waals surface area contributed by atoms with E-state index in [2.05, 4.69) is 52.1 Å². The van der Waals surface area contributed by atoms with Crippen molar-refractivity contribution in [1.82, 2.24) is 14.9 Å². The molecule has 2 aromatic heterocycles. The van der Waals surface area contributed by atoms with Crippen molar-refractivity contribution in [2.24, 2.45) is 0 Å². The van der Waals surface area contributed by atoms with Gasteiger partial charge in [-0.25, -0.2) is 9.37 Å². The van der Waals surface area contributed by atoms with Gasteiger partial charge in [0.2, 0.25) is 0 Å². The number of benzene rings is 2. The fraction of sp³-hybridized carbons (Fsp3) is 0.226. The van der Waals surface area contributed by atoms with Gasteiger partial charge in [-0.15, -0.1) is 0 Å². The number of aromatic nitrogens is 2. The highest BCUT2D eigenvalue weighted by atomic mass is 35.5. The molecule has 0 bridgehead atoms. The van der Waals surface area contributed by atoms with Crippen LogP contribution in [0.3, 0.4) is 0 Å². The Morgan fingerprint density at radius 1 is 0.946 bits per heavy atom. The van der Waals surface area contributed by atoms with Gasteiger partial charge >= 0.3 is 0 Å². The Balaban J connectivity index is 1.21. The molecule has 1 saturated heterocycles. The van der Waals surface area contributed by atoms with Crippen molar-refractivity contribution in [2.45, 2.75) is 31.8 Å². The van der Waals surface area contributed by atoms with Gasteiger partial charge in [-0.05, 0) is 90.7 Å². The third kappa shape index (κ3) is 6.43. The quantitative estimate of drug-likeness (QED) is 0.247. The number of anilines is 1. The number of hydrogen-bond donors (Lipinski definition) is 1. The average Bonchev–Trinajstić information content (AvgIpc) is 2.93. The van der Waals surface area contributed by atoms with Crippen LogP contribution in [0.5, 0.6) is 0 Å². The maximum atomic E-state index is 13.2. The molecule has 0 radical (unpaired) electrons. The molecular weight excluding hydrogens is 483 g/mol. The molecule has 6 heteroatoms. The first-order chi connectivity index (χ1) is 18.1. The summed E-state index contributed by atoms with van der Waals surface area (Å²) in [6.45, 7) is 7.53. The summed E-state index contributed by atoms with van der Waals surface area (Å²) in [7, 11) is 0. The average molecular weight is 513 g/mol. The number of pyridine rings is 2. The van der Waals surface area contributed by atoms with E-state index in [1.165, 1.54) is 17.7 Å². The molecule has 0 aliphatic carbocycles. The third-order valence-electron chi connectivity index (χ3n) is 6.94. The lowest BCUT2D eigenvalue weighted by molar-refractivity contribution is 0.203. The lowest BCUT2D eigenvalue weighted by Crippen LogP contribution is -2.33. The second-order valence-electron chi connectivity index (χ2n) is 9.47. The number of halogens is 2. The molecule has 1 aliphatic rings. The Kier molecular flexibility index (Phi) is 7.93. The molecule has 0 amide bonds. The summed E-state index contributed by atoms with van der Waals surface area (Å²) in [6, 6.07) is 23.2. The first-order valence-electron chi connectivity index (χ1n) is 12.6. The molecule has 2 aromatic carbocycles. The molecule has 0 atom stereocenters. The highest BCUT2D eigenvalue weighted by Gasteiger charge is 2.24. The Morgan fingerprint density at radius 2 is 1.65 bits per heavy atom. The van der Waals surface area contributed by atoms with E-state index in [4.69, 9.17) is 16.6 Å². The normalized spacial score (nSPS) is 14.4. The summed E-state index contributed by atoms with van der Waals surface area (Å²) < 4.78 is 13.2. The maximum Gasteiger partial charge on any atom is 0.129 e. The molecule has 3 heterocycles. The van der Waals surface area contributed by atoms with Crippen molar-refractivity contribution in [2.75, 3.05) is 18.4 Å². The van der Waals surface area contributed by atoms with E-state index < -0.39 is 0 Å². The van der Waals surface area contributed by atoms with E-state index in [-0.39, 0.29) is 5.82 Å². The van der Waals surface area contributed by atoms with Crippen molar-refractivity contribution in [3.63, 3.8) is 0 Å². The van der Waals surface area contributed by atoms with Gasteiger partial charge in [0.25, 0.3) is 0 Å². The first-order valence-corrected chi connectivity index (χ1v) is 13.0. The van der Waals surface area contributed by atoms with E-state index >= 15 is 0 Å². The third-order valence-corrected chi connectivity index (χ3v) is 7.15. The molecule has 0 spiro atoms. The van der Waals surface area contributed by atoms with E-state index in [9.17, 15) is 4.39 Å². The SMILES string of the molecule is C=Cc1ccc(NCc2ccnc(Cl)c2)c(C2CCN(Cc3ccc(-c4ccc(F)cc4)cc3)CC2)n1. The molecule has 0 saturated carbocycles. The van der Waals surface area contributed by atoms with Gasteiger partial charge in [0.15, 0.2) is 0 Å². The molecule has 0 unspecified atom stereocenters. The van der Waals surface area contributed by atoms with Crippen LogP contribution in [0.1, 0.15) is 41.3 Å². The second-order valence-corrected chi connectivity index (χ2v) is 9.85. The zero-order chi connectivity index (χ0) is 25.6. The summed E-state index contributed by atoms with van der Waals surface area (Å²) in [5.74, 6) is 0.178. The summed E-state index contributed by atoms with van der Waals surface area (Å²) in [5.41, 5.74) is 7.57. The fourth-order valence-corrected chi connectivity index (χ4v) is 5.08. The second kappa shape index (κ2) is 11.7. The minimum Gasteiger partial charge on any atom is -0.379 e. The van der Waals surface area contributed by atoms with Crippen LogP contribution in [-0.2, 0) is 13.1 Å². The topological polar surface area (TPSA) is 41.1 Å². The minimum atomic E-state index is -0.211. The molecule has 4 nitrogen and oxygen atoms in total. The minimum absolute atomic E-state index is 0.211. The van der Waals surface area contributed by atoms with E-state index in [1.54, 1.807) is 12.3 Å². The van der Waals surface area contributed by atoms with E-state index in [0.717, 1.165) is 66.2 Å². The van der Waals surface area contributed by atoms with Gasteiger partial charge in [0, 0.05) is 25.2 Å². The van der Waals surface area contributed by atoms with Gasteiger partial charge in [-0.2, -0.15) is 0 Å². The monoisotopic (exact) mass is 512 g/mol. The largest absolute Gasteiger partial charge is 0.379 e. The highest BCUT2D eigenvalue weighted by molar-refractivity contribution is 6.29. The predicted octanol–water partition coefficient (Wildman–Crippen LogP) is 7.57. The number of piperidine rings is 1. The fourth-order valence-electron chi connectivity index (χ4n) is 4.88. The smallest absolute Gasteiger partial charge is 0.129 e. The summed E-state index contributed by atoms with van der Waals surface area (Å²) >= 11 is 6.05. The van der Waals surface area contributed by atoms with Crippen LogP contribution in [0.4, 0.5) is 10.1 Å². The molecule has 1 aliphatic heterocycles. The van der Waals surface area contributed by atoms with Crippen molar-refractivity contribution in [1.29, 1.82) is 0 Å². The zero-order valence-corrected chi connectivity index (χ0v) is 21.5.